The molecule has 0 saturated heterocycles. The summed E-state index contributed by atoms with van der Waals surface area (Å²) < 4.78 is 0. The van der Waals surface area contributed by atoms with E-state index >= 15 is 0 Å². The van der Waals surface area contributed by atoms with Crippen molar-refractivity contribution in [3.05, 3.63) is 69.2 Å². The second-order valence-electron chi connectivity index (χ2n) is 5.36. The molecule has 0 atom stereocenters. The van der Waals surface area contributed by atoms with Gasteiger partial charge in [-0.2, -0.15) is 0 Å². The number of rotatable bonds is 7. The van der Waals surface area contributed by atoms with E-state index in [9.17, 15) is 0 Å². The molecule has 0 aromatic heterocycles. The Morgan fingerprint density at radius 2 is 1.87 bits per heavy atom. The lowest BCUT2D eigenvalue weighted by Gasteiger charge is -2.06. The second-order valence-corrected chi connectivity index (χ2v) is 7.26. The fourth-order valence-corrected chi connectivity index (χ4v) is 3.57. The van der Waals surface area contributed by atoms with Crippen molar-refractivity contribution in [3.63, 3.8) is 0 Å². The fraction of sp³-hybridized carbons (Fsp3) is 0.263. The molecule has 122 valence electrons. The zero-order chi connectivity index (χ0) is 16.7. The monoisotopic (exact) mass is 365 g/mol. The van der Waals surface area contributed by atoms with Crippen molar-refractivity contribution < 1.29 is 0 Å². The highest BCUT2D eigenvalue weighted by Gasteiger charge is 2.02. The van der Waals surface area contributed by atoms with Crippen LogP contribution in [0.3, 0.4) is 0 Å². The number of hydrogen-bond acceptors (Lipinski definition) is 2. The summed E-state index contributed by atoms with van der Waals surface area (Å²) in [6, 6.07) is 14.3. The van der Waals surface area contributed by atoms with Gasteiger partial charge in [-0.3, -0.25) is 0 Å². The molecule has 0 amide bonds. The summed E-state index contributed by atoms with van der Waals surface area (Å²) in [5, 5.41) is 4.73. The van der Waals surface area contributed by atoms with Gasteiger partial charge >= 0.3 is 0 Å². The van der Waals surface area contributed by atoms with Crippen LogP contribution < -0.4 is 5.32 Å². The normalized spacial score (nSPS) is 11.7. The van der Waals surface area contributed by atoms with Crippen LogP contribution in [0.4, 0.5) is 0 Å². The first-order chi connectivity index (χ1) is 11.1. The van der Waals surface area contributed by atoms with Gasteiger partial charge < -0.3 is 5.32 Å². The number of hydrogen-bond donors (Lipinski definition) is 1. The van der Waals surface area contributed by atoms with Gasteiger partial charge in [-0.15, -0.1) is 11.8 Å². The van der Waals surface area contributed by atoms with Gasteiger partial charge in [0.25, 0.3) is 0 Å². The Morgan fingerprint density at radius 3 is 2.52 bits per heavy atom. The van der Waals surface area contributed by atoms with E-state index in [-0.39, 0.29) is 0 Å². The van der Waals surface area contributed by atoms with Gasteiger partial charge in [0, 0.05) is 27.2 Å². The molecule has 23 heavy (non-hydrogen) atoms. The first-order valence-corrected chi connectivity index (χ1v) is 9.37. The van der Waals surface area contributed by atoms with Gasteiger partial charge in [0.1, 0.15) is 0 Å². The van der Waals surface area contributed by atoms with Crippen LogP contribution in [0.5, 0.6) is 0 Å². The summed E-state index contributed by atoms with van der Waals surface area (Å²) in [4.78, 5) is 1.23. The Balaban J connectivity index is 1.94. The summed E-state index contributed by atoms with van der Waals surface area (Å²) in [6.45, 7) is 6.19. The van der Waals surface area contributed by atoms with E-state index in [4.69, 9.17) is 23.2 Å². The maximum atomic E-state index is 6.21. The van der Waals surface area contributed by atoms with Crippen molar-refractivity contribution in [2.75, 3.05) is 13.1 Å². The minimum Gasteiger partial charge on any atom is -0.313 e. The largest absolute Gasteiger partial charge is 0.313 e. The van der Waals surface area contributed by atoms with Crippen LogP contribution in [0.25, 0.3) is 6.08 Å². The highest BCUT2D eigenvalue weighted by Crippen LogP contribution is 2.28. The third-order valence-electron chi connectivity index (χ3n) is 3.36. The van der Waals surface area contributed by atoms with E-state index in [1.807, 2.05) is 12.1 Å². The summed E-state index contributed by atoms with van der Waals surface area (Å²) in [5.41, 5.74) is 3.67. The number of nitrogens with one attached hydrogen (secondary N) is 1. The zero-order valence-corrected chi connectivity index (χ0v) is 15.7. The Bertz CT molecular complexity index is 666. The predicted octanol–water partition coefficient (Wildman–Crippen LogP) is 6.30. The molecule has 0 aliphatic rings. The Kier molecular flexibility index (Phi) is 7.51. The molecule has 1 nitrogen and oxygen atoms in total. The first-order valence-electron chi connectivity index (χ1n) is 7.63. The minimum absolute atomic E-state index is 0.674. The summed E-state index contributed by atoms with van der Waals surface area (Å²) in [5.74, 6) is 0.838. The minimum atomic E-state index is 0.674. The van der Waals surface area contributed by atoms with Crippen molar-refractivity contribution in [2.45, 2.75) is 24.5 Å². The molecule has 0 radical (unpaired) electrons. The Labute approximate surface area is 153 Å². The number of likely N-dealkylation sites (N-methyl/N-ethyl adjacent to an activating group) is 1. The van der Waals surface area contributed by atoms with Gasteiger partial charge in [-0.05, 0) is 48.9 Å². The number of thioether (sulfide) groups is 1. The summed E-state index contributed by atoms with van der Waals surface area (Å²) in [6.07, 6.45) is 2.22. The second kappa shape index (κ2) is 9.39. The molecular weight excluding hydrogens is 345 g/mol. The highest BCUT2D eigenvalue weighted by atomic mass is 35.5. The van der Waals surface area contributed by atoms with E-state index in [1.54, 1.807) is 17.8 Å². The molecule has 0 fully saturated rings. The predicted molar refractivity (Wildman–Crippen MR) is 105 cm³/mol. The molecule has 2 rings (SSSR count). The molecule has 2 aromatic carbocycles. The number of halogens is 2. The summed E-state index contributed by atoms with van der Waals surface area (Å²) in [7, 11) is 0. The Hall–Kier alpha value is -0.930. The van der Waals surface area contributed by atoms with Gasteiger partial charge in [0.15, 0.2) is 0 Å². The van der Waals surface area contributed by atoms with Crippen molar-refractivity contribution >= 4 is 41.0 Å². The lowest BCUT2D eigenvalue weighted by atomic mass is 10.1. The van der Waals surface area contributed by atoms with E-state index < -0.39 is 0 Å². The van der Waals surface area contributed by atoms with Crippen LogP contribution in [0.2, 0.25) is 10.0 Å². The van der Waals surface area contributed by atoms with E-state index in [2.05, 4.69) is 49.5 Å². The molecular formula is C19H21Cl2NS. The molecule has 0 saturated carbocycles. The van der Waals surface area contributed by atoms with Crippen molar-refractivity contribution in [2.24, 2.45) is 0 Å². The van der Waals surface area contributed by atoms with E-state index in [0.29, 0.717) is 5.02 Å². The lowest BCUT2D eigenvalue weighted by Crippen LogP contribution is -2.14. The van der Waals surface area contributed by atoms with Crippen LogP contribution in [-0.4, -0.2) is 13.1 Å². The lowest BCUT2D eigenvalue weighted by molar-refractivity contribution is 0.778. The fourth-order valence-electron chi connectivity index (χ4n) is 2.12. The van der Waals surface area contributed by atoms with Crippen molar-refractivity contribution in [1.29, 1.82) is 0 Å². The third kappa shape index (κ3) is 6.23. The van der Waals surface area contributed by atoms with Crippen LogP contribution in [0.15, 0.2) is 52.9 Å². The quantitative estimate of drug-likeness (QED) is 0.577. The van der Waals surface area contributed by atoms with Gasteiger partial charge in [0.05, 0.1) is 0 Å². The molecule has 0 unspecified atom stereocenters. The van der Waals surface area contributed by atoms with Gasteiger partial charge in [-0.1, -0.05) is 60.0 Å². The maximum absolute atomic E-state index is 6.21. The number of benzene rings is 2. The van der Waals surface area contributed by atoms with Crippen LogP contribution in [-0.2, 0) is 5.75 Å². The Morgan fingerprint density at radius 1 is 1.13 bits per heavy atom. The molecule has 0 spiro atoms. The van der Waals surface area contributed by atoms with Crippen LogP contribution >= 0.6 is 35.0 Å². The van der Waals surface area contributed by atoms with Gasteiger partial charge in [0.2, 0.25) is 0 Å². The summed E-state index contributed by atoms with van der Waals surface area (Å²) >= 11 is 13.9. The van der Waals surface area contributed by atoms with Crippen molar-refractivity contribution in [3.8, 4) is 0 Å². The highest BCUT2D eigenvalue weighted by molar-refractivity contribution is 7.98. The maximum Gasteiger partial charge on any atom is 0.0461 e. The average molecular weight is 366 g/mol. The molecule has 4 heteroatoms. The molecule has 2 aromatic rings. The van der Waals surface area contributed by atoms with E-state index in [1.165, 1.54) is 16.0 Å². The molecule has 0 aliphatic heterocycles. The standard InChI is InChI=1S/C19H21Cl2NS/c1-3-22-12-14(2)10-15-4-8-18(9-5-15)23-13-16-6-7-17(20)11-19(16)21/h4-11,22H,3,12-13H2,1-2H3. The molecule has 1 N–H and O–H groups in total. The van der Waals surface area contributed by atoms with Crippen molar-refractivity contribution in [1.82, 2.24) is 5.32 Å². The third-order valence-corrected chi connectivity index (χ3v) is 5.00. The first kappa shape index (κ1) is 18.4. The SMILES string of the molecule is CCNCC(C)=Cc1ccc(SCc2ccc(Cl)cc2Cl)cc1. The van der Waals surface area contributed by atoms with Crippen LogP contribution in [0.1, 0.15) is 25.0 Å². The van der Waals surface area contributed by atoms with E-state index in [0.717, 1.165) is 29.4 Å². The average Bonchev–Trinajstić information content (AvgIpc) is 2.53. The molecule has 0 heterocycles. The zero-order valence-electron chi connectivity index (χ0n) is 13.4. The van der Waals surface area contributed by atoms with Gasteiger partial charge in [-0.25, -0.2) is 0 Å². The smallest absolute Gasteiger partial charge is 0.0461 e. The molecule has 0 aliphatic carbocycles. The van der Waals surface area contributed by atoms with Crippen LogP contribution in [0, 0.1) is 0 Å². The molecule has 0 bridgehead atoms. The topological polar surface area (TPSA) is 12.0 Å².